The summed E-state index contributed by atoms with van der Waals surface area (Å²) in [7, 11) is 0. The normalized spacial score (nSPS) is 24.3. The predicted octanol–water partition coefficient (Wildman–Crippen LogP) is 2.05. The molecule has 1 saturated heterocycles. The van der Waals surface area contributed by atoms with Crippen molar-refractivity contribution in [1.82, 2.24) is 14.3 Å². The number of hydrogen-bond acceptors (Lipinski definition) is 8. The van der Waals surface area contributed by atoms with Crippen molar-refractivity contribution in [1.29, 1.82) is 0 Å². The van der Waals surface area contributed by atoms with Crippen LogP contribution in [-0.2, 0) is 23.9 Å². The lowest BCUT2D eigenvalue weighted by molar-refractivity contribution is -0.175. The van der Waals surface area contributed by atoms with Crippen molar-refractivity contribution in [2.45, 2.75) is 46.8 Å². The highest BCUT2D eigenvalue weighted by atomic mass is 32.1. The fourth-order valence-corrected chi connectivity index (χ4v) is 5.09. The van der Waals surface area contributed by atoms with E-state index in [0.717, 1.165) is 10.5 Å². The van der Waals surface area contributed by atoms with E-state index in [2.05, 4.69) is 4.98 Å². The van der Waals surface area contributed by atoms with E-state index in [0.29, 0.717) is 5.57 Å². The van der Waals surface area contributed by atoms with Crippen molar-refractivity contribution in [3.8, 4) is 0 Å². The Bertz CT molecular complexity index is 1090. The average Bonchev–Trinajstić information content (AvgIpc) is 3.33. The number of hydrogen-bond donors (Lipinski definition) is 1. The summed E-state index contributed by atoms with van der Waals surface area (Å²) in [5, 5.41) is 12.0. The Morgan fingerprint density at radius 3 is 2.68 bits per heavy atom. The molecule has 1 amide bonds. The van der Waals surface area contributed by atoms with Gasteiger partial charge in [-0.15, -0.1) is 11.3 Å². The van der Waals surface area contributed by atoms with Gasteiger partial charge in [0.25, 0.3) is 0 Å². The Balaban J connectivity index is 1.68. The molecule has 1 fully saturated rings. The summed E-state index contributed by atoms with van der Waals surface area (Å²) in [6.07, 6.45) is 2.53. The molecule has 1 N–H and O–H groups in total. The first-order chi connectivity index (χ1) is 14.5. The van der Waals surface area contributed by atoms with E-state index in [1.165, 1.54) is 16.2 Å². The van der Waals surface area contributed by atoms with E-state index in [-0.39, 0.29) is 23.6 Å². The van der Waals surface area contributed by atoms with E-state index in [4.69, 9.17) is 9.47 Å². The number of fused-ring (bicyclic) bond motifs is 2. The molecule has 10 heteroatoms. The van der Waals surface area contributed by atoms with Gasteiger partial charge < -0.3 is 19.5 Å². The largest absolute Gasteiger partial charge is 0.427 e. The van der Waals surface area contributed by atoms with E-state index >= 15 is 0 Å². The van der Waals surface area contributed by atoms with Crippen LogP contribution in [0, 0.1) is 17.3 Å². The van der Waals surface area contributed by atoms with Crippen molar-refractivity contribution in [3.63, 3.8) is 0 Å². The van der Waals surface area contributed by atoms with Crippen LogP contribution in [0.25, 0.3) is 10.4 Å². The molecular weight excluding hydrogens is 422 g/mol. The van der Waals surface area contributed by atoms with E-state index in [1.807, 2.05) is 16.7 Å². The molecule has 31 heavy (non-hydrogen) atoms. The number of β-lactam (4-membered cyclic amide) rings is 1. The third kappa shape index (κ3) is 3.34. The average molecular weight is 448 g/mol. The lowest BCUT2D eigenvalue weighted by Gasteiger charge is -2.46. The molecule has 166 valence electrons. The molecule has 0 unspecified atom stereocenters. The van der Waals surface area contributed by atoms with Crippen molar-refractivity contribution in [2.75, 3.05) is 6.79 Å². The van der Waals surface area contributed by atoms with Gasteiger partial charge in [-0.25, -0.2) is 9.78 Å². The fraction of sp³-hybridized carbons (Fsp3) is 0.524. The molecule has 0 saturated carbocycles. The number of rotatable bonds is 5. The smallest absolute Gasteiger partial charge is 0.358 e. The minimum atomic E-state index is -0.837. The van der Waals surface area contributed by atoms with Gasteiger partial charge in [-0.1, -0.05) is 6.92 Å². The maximum atomic E-state index is 13.1. The van der Waals surface area contributed by atoms with E-state index in [9.17, 15) is 19.5 Å². The molecule has 2 aliphatic heterocycles. The number of carbonyl (C=O) groups excluding carboxylic acids is 3. The monoisotopic (exact) mass is 447 g/mol. The van der Waals surface area contributed by atoms with Gasteiger partial charge in [0.1, 0.15) is 16.9 Å². The third-order valence-electron chi connectivity index (χ3n) is 5.79. The van der Waals surface area contributed by atoms with Crippen LogP contribution >= 0.6 is 11.3 Å². The molecule has 0 bridgehead atoms. The molecule has 0 aliphatic carbocycles. The SMILES string of the molecule is C[C@@H](O)[C@H]1C(=O)N2C(C(=O)OCOC(=O)C(C)(C)C)=C(c3csc4cncn34)[C@H](C)[C@H]12. The minimum absolute atomic E-state index is 0.125. The molecule has 0 aromatic carbocycles. The summed E-state index contributed by atoms with van der Waals surface area (Å²) < 4.78 is 12.2. The number of nitrogens with zero attached hydrogens (tertiary/aromatic N) is 3. The van der Waals surface area contributed by atoms with Crippen LogP contribution in [0.15, 0.2) is 23.6 Å². The molecule has 4 atom stereocenters. The first kappa shape index (κ1) is 21.5. The highest BCUT2D eigenvalue weighted by Crippen LogP contribution is 2.51. The van der Waals surface area contributed by atoms with Crippen molar-refractivity contribution < 1.29 is 29.0 Å². The minimum Gasteiger partial charge on any atom is -0.427 e. The number of amides is 1. The number of aliphatic hydroxyl groups excluding tert-OH is 1. The fourth-order valence-electron chi connectivity index (χ4n) is 4.24. The first-order valence-corrected chi connectivity index (χ1v) is 10.9. The van der Waals surface area contributed by atoms with Crippen LogP contribution < -0.4 is 0 Å². The Kier molecular flexibility index (Phi) is 5.17. The summed E-state index contributed by atoms with van der Waals surface area (Å²) in [4.78, 5) is 44.3. The van der Waals surface area contributed by atoms with Crippen molar-refractivity contribution >= 4 is 39.6 Å². The molecule has 2 aromatic heterocycles. The maximum Gasteiger partial charge on any atom is 0.358 e. The number of carbonyl (C=O) groups is 3. The number of ether oxygens (including phenoxy) is 2. The summed E-state index contributed by atoms with van der Waals surface area (Å²) in [5.41, 5.74) is 0.790. The summed E-state index contributed by atoms with van der Waals surface area (Å²) >= 11 is 1.47. The number of aromatic nitrogens is 2. The van der Waals surface area contributed by atoms with Gasteiger partial charge in [-0.2, -0.15) is 0 Å². The van der Waals surface area contributed by atoms with Gasteiger partial charge in [0, 0.05) is 16.9 Å². The van der Waals surface area contributed by atoms with Gasteiger partial charge in [-0.05, 0) is 27.7 Å². The van der Waals surface area contributed by atoms with Gasteiger partial charge in [0.2, 0.25) is 12.7 Å². The second-order valence-corrected chi connectivity index (χ2v) is 9.86. The molecule has 4 heterocycles. The molecule has 4 rings (SSSR count). The lowest BCUT2D eigenvalue weighted by Crippen LogP contribution is -2.63. The number of aliphatic hydroxyl groups is 1. The third-order valence-corrected chi connectivity index (χ3v) is 6.67. The van der Waals surface area contributed by atoms with Gasteiger partial charge in [-0.3, -0.25) is 14.0 Å². The zero-order valence-corrected chi connectivity index (χ0v) is 18.8. The Labute approximate surface area is 183 Å². The molecular formula is C21H25N3O6S. The zero-order chi connectivity index (χ0) is 22.7. The topological polar surface area (TPSA) is 110 Å². The number of imidazole rings is 1. The van der Waals surface area contributed by atoms with Gasteiger partial charge in [0.15, 0.2) is 0 Å². The van der Waals surface area contributed by atoms with Crippen molar-refractivity contribution in [2.24, 2.45) is 17.3 Å². The standard InChI is InChI=1S/C21H25N3O6S/c1-10-14(12-7-31-13-6-22-8-23(12)13)17(24-16(10)15(11(2)25)18(24)26)19(27)29-9-30-20(28)21(3,4)5/h6-8,10-11,15-16,25H,9H2,1-5H3/t10-,11+,15+,16+/m0/s1. The number of thiazole rings is 1. The molecule has 0 radical (unpaired) electrons. The summed E-state index contributed by atoms with van der Waals surface area (Å²) in [6.45, 7) is 8.05. The highest BCUT2D eigenvalue weighted by molar-refractivity contribution is 7.15. The Hall–Kier alpha value is -2.72. The number of esters is 2. The zero-order valence-electron chi connectivity index (χ0n) is 18.0. The van der Waals surface area contributed by atoms with Crippen molar-refractivity contribution in [3.05, 3.63) is 29.3 Å². The maximum absolute atomic E-state index is 13.1. The Morgan fingerprint density at radius 2 is 2.03 bits per heavy atom. The van der Waals surface area contributed by atoms with Crippen LogP contribution in [0.2, 0.25) is 0 Å². The van der Waals surface area contributed by atoms with Gasteiger partial charge in [0.05, 0.1) is 35.4 Å². The lowest BCUT2D eigenvalue weighted by atomic mass is 9.77. The van der Waals surface area contributed by atoms with E-state index in [1.54, 1.807) is 40.2 Å². The molecule has 2 aliphatic rings. The summed E-state index contributed by atoms with van der Waals surface area (Å²) in [6, 6.07) is -0.347. The second kappa shape index (κ2) is 7.45. The van der Waals surface area contributed by atoms with Gasteiger partial charge >= 0.3 is 11.9 Å². The second-order valence-electron chi connectivity index (χ2n) is 8.97. The van der Waals surface area contributed by atoms with Crippen LogP contribution in [0.4, 0.5) is 0 Å². The van der Waals surface area contributed by atoms with Crippen LogP contribution in [0.1, 0.15) is 40.3 Å². The molecule has 9 nitrogen and oxygen atoms in total. The first-order valence-electron chi connectivity index (χ1n) is 10.0. The Morgan fingerprint density at radius 1 is 1.32 bits per heavy atom. The quantitative estimate of drug-likeness (QED) is 0.424. The van der Waals surface area contributed by atoms with Crippen LogP contribution in [-0.4, -0.2) is 56.2 Å². The summed E-state index contributed by atoms with van der Waals surface area (Å²) in [5.74, 6) is -2.37. The molecule has 0 spiro atoms. The predicted molar refractivity (Wildman–Crippen MR) is 111 cm³/mol. The molecule has 2 aromatic rings. The van der Waals surface area contributed by atoms with Crippen LogP contribution in [0.5, 0.6) is 0 Å². The highest BCUT2D eigenvalue weighted by Gasteiger charge is 2.60. The van der Waals surface area contributed by atoms with E-state index < -0.39 is 36.2 Å². The van der Waals surface area contributed by atoms with Crippen LogP contribution in [0.3, 0.4) is 0 Å².